The van der Waals surface area contributed by atoms with Gasteiger partial charge in [-0.1, -0.05) is 17.7 Å². The molecule has 2 heterocycles. The zero-order chi connectivity index (χ0) is 20.4. The molecule has 3 rings (SSSR count). The minimum absolute atomic E-state index is 0.0223. The van der Waals surface area contributed by atoms with Crippen LogP contribution < -0.4 is 10.6 Å². The van der Waals surface area contributed by atoms with Crippen molar-refractivity contribution in [1.82, 2.24) is 10.6 Å². The van der Waals surface area contributed by atoms with E-state index in [4.69, 9.17) is 25.9 Å². The van der Waals surface area contributed by atoms with Crippen molar-refractivity contribution in [1.29, 1.82) is 0 Å². The lowest BCUT2D eigenvalue weighted by atomic mass is 10.0. The number of carboxylic acid groups (broad SMARTS) is 1. The van der Waals surface area contributed by atoms with E-state index in [1.165, 1.54) is 12.1 Å². The molecule has 8 nitrogen and oxygen atoms in total. The zero-order valence-electron chi connectivity index (χ0n) is 15.0. The van der Waals surface area contributed by atoms with Gasteiger partial charge in [0.2, 0.25) is 0 Å². The number of esters is 1. The van der Waals surface area contributed by atoms with Crippen molar-refractivity contribution in [2.75, 3.05) is 6.61 Å². The van der Waals surface area contributed by atoms with Crippen molar-refractivity contribution in [2.24, 2.45) is 0 Å². The number of hydrogen-bond acceptors (Lipinski definition) is 5. The van der Waals surface area contributed by atoms with E-state index in [-0.39, 0.29) is 22.8 Å². The summed E-state index contributed by atoms with van der Waals surface area (Å²) >= 11 is 6.01. The van der Waals surface area contributed by atoms with Crippen LogP contribution in [0.2, 0.25) is 5.02 Å². The van der Waals surface area contributed by atoms with E-state index in [2.05, 4.69) is 10.6 Å². The fourth-order valence-corrected chi connectivity index (χ4v) is 3.15. The first-order valence-corrected chi connectivity index (χ1v) is 8.78. The molecule has 0 spiro atoms. The number of aromatic carboxylic acids is 1. The number of carboxylic acids is 1. The Morgan fingerprint density at radius 1 is 1.29 bits per heavy atom. The highest BCUT2D eigenvalue weighted by molar-refractivity contribution is 6.33. The van der Waals surface area contributed by atoms with Crippen LogP contribution in [0.4, 0.5) is 4.79 Å². The predicted molar refractivity (Wildman–Crippen MR) is 99.9 cm³/mol. The van der Waals surface area contributed by atoms with Crippen molar-refractivity contribution in [3.8, 4) is 11.3 Å². The van der Waals surface area contributed by atoms with Crippen molar-refractivity contribution in [2.45, 2.75) is 19.9 Å². The summed E-state index contributed by atoms with van der Waals surface area (Å²) in [6.07, 6.45) is 0. The average molecular weight is 405 g/mol. The van der Waals surface area contributed by atoms with Crippen LogP contribution in [0.15, 0.2) is 46.0 Å². The van der Waals surface area contributed by atoms with E-state index in [1.807, 2.05) is 0 Å². The van der Waals surface area contributed by atoms with Gasteiger partial charge in [-0.15, -0.1) is 0 Å². The maximum atomic E-state index is 12.3. The van der Waals surface area contributed by atoms with Crippen LogP contribution in [0.5, 0.6) is 0 Å². The number of rotatable bonds is 5. The van der Waals surface area contributed by atoms with Crippen LogP contribution in [0.1, 0.15) is 36.0 Å². The fraction of sp³-hybridized carbons (Fsp3) is 0.211. The summed E-state index contributed by atoms with van der Waals surface area (Å²) < 4.78 is 10.9. The van der Waals surface area contributed by atoms with Gasteiger partial charge in [-0.2, -0.15) is 0 Å². The molecule has 2 aromatic rings. The lowest BCUT2D eigenvalue weighted by Gasteiger charge is -2.26. The van der Waals surface area contributed by atoms with Gasteiger partial charge in [0.25, 0.3) is 0 Å². The molecule has 1 atom stereocenters. The molecule has 1 aromatic heterocycles. The number of carbonyl (C=O) groups excluding carboxylic acids is 2. The van der Waals surface area contributed by atoms with E-state index in [9.17, 15) is 14.4 Å². The third-order valence-corrected chi connectivity index (χ3v) is 4.47. The number of halogens is 1. The van der Waals surface area contributed by atoms with Crippen molar-refractivity contribution in [3.05, 3.63) is 57.9 Å². The first-order valence-electron chi connectivity index (χ1n) is 8.40. The summed E-state index contributed by atoms with van der Waals surface area (Å²) in [5.41, 5.74) is 1.14. The van der Waals surface area contributed by atoms with E-state index < -0.39 is 24.0 Å². The SMILES string of the molecule is CCOC(=O)C1=C(C)NC(=O)N[C@H]1c1ccc(-c2ccc(C(=O)O)c(Cl)c2)o1. The molecule has 1 aliphatic heterocycles. The van der Waals surface area contributed by atoms with E-state index in [1.54, 1.807) is 32.0 Å². The number of allylic oxidation sites excluding steroid dienone is 1. The van der Waals surface area contributed by atoms with Gasteiger partial charge in [-0.3, -0.25) is 0 Å². The van der Waals surface area contributed by atoms with Crippen LogP contribution in [0.3, 0.4) is 0 Å². The Morgan fingerprint density at radius 3 is 2.68 bits per heavy atom. The molecule has 0 unspecified atom stereocenters. The fourth-order valence-electron chi connectivity index (χ4n) is 2.89. The molecular weight excluding hydrogens is 388 g/mol. The van der Waals surface area contributed by atoms with Gasteiger partial charge in [-0.05, 0) is 38.1 Å². The molecular formula is C19H17ClN2O6. The van der Waals surface area contributed by atoms with Crippen LogP contribution >= 0.6 is 11.6 Å². The Kier molecular flexibility index (Phi) is 5.41. The number of carbonyl (C=O) groups is 3. The summed E-state index contributed by atoms with van der Waals surface area (Å²) in [7, 11) is 0. The van der Waals surface area contributed by atoms with Gasteiger partial charge in [0.15, 0.2) is 0 Å². The second-order valence-electron chi connectivity index (χ2n) is 5.99. The molecule has 1 aliphatic rings. The van der Waals surface area contributed by atoms with Gasteiger partial charge < -0.3 is 24.9 Å². The Morgan fingerprint density at radius 2 is 2.04 bits per heavy atom. The number of nitrogens with one attached hydrogen (secondary N) is 2. The Hall–Kier alpha value is -3.26. The van der Waals surface area contributed by atoms with E-state index in [0.717, 1.165) is 0 Å². The molecule has 2 amide bonds. The summed E-state index contributed by atoms with van der Waals surface area (Å²) in [6, 6.07) is 6.39. The standard InChI is InChI=1S/C19H17ClN2O6/c1-3-27-18(25)15-9(2)21-19(26)22-16(15)14-7-6-13(28-14)10-4-5-11(17(23)24)12(20)8-10/h4-8,16H,3H2,1-2H3,(H,23,24)(H2,21,22,26)/t16-/m0/s1. The number of furan rings is 1. The second-order valence-corrected chi connectivity index (χ2v) is 6.40. The lowest BCUT2D eigenvalue weighted by molar-refractivity contribution is -0.139. The highest BCUT2D eigenvalue weighted by Gasteiger charge is 2.34. The molecule has 0 saturated heterocycles. The predicted octanol–water partition coefficient (Wildman–Crippen LogP) is 3.49. The maximum absolute atomic E-state index is 12.3. The molecule has 146 valence electrons. The minimum atomic E-state index is -1.13. The molecule has 0 saturated carbocycles. The molecule has 1 aromatic carbocycles. The Labute approximate surface area is 165 Å². The van der Waals surface area contributed by atoms with Crippen LogP contribution in [0, 0.1) is 0 Å². The number of urea groups is 1. The summed E-state index contributed by atoms with van der Waals surface area (Å²) in [4.78, 5) is 35.3. The van der Waals surface area contributed by atoms with Gasteiger partial charge in [0.05, 0.1) is 22.8 Å². The van der Waals surface area contributed by atoms with Gasteiger partial charge in [0.1, 0.15) is 17.6 Å². The van der Waals surface area contributed by atoms with Gasteiger partial charge >= 0.3 is 18.0 Å². The van der Waals surface area contributed by atoms with E-state index >= 15 is 0 Å². The second kappa shape index (κ2) is 7.77. The third-order valence-electron chi connectivity index (χ3n) is 4.16. The highest BCUT2D eigenvalue weighted by Crippen LogP contribution is 2.33. The largest absolute Gasteiger partial charge is 0.478 e. The molecule has 3 N–H and O–H groups in total. The zero-order valence-corrected chi connectivity index (χ0v) is 15.8. The number of benzene rings is 1. The van der Waals surface area contributed by atoms with Gasteiger partial charge in [0, 0.05) is 11.3 Å². The summed E-state index contributed by atoms with van der Waals surface area (Å²) in [5.74, 6) is -0.966. The van der Waals surface area contributed by atoms with Crippen molar-refractivity contribution >= 4 is 29.6 Å². The molecule has 9 heteroatoms. The lowest BCUT2D eigenvalue weighted by Crippen LogP contribution is -2.45. The average Bonchev–Trinajstić information content (AvgIpc) is 3.10. The monoisotopic (exact) mass is 404 g/mol. The quantitative estimate of drug-likeness (QED) is 0.656. The van der Waals surface area contributed by atoms with Crippen LogP contribution in [-0.4, -0.2) is 29.7 Å². The van der Waals surface area contributed by atoms with Crippen LogP contribution in [0.25, 0.3) is 11.3 Å². The van der Waals surface area contributed by atoms with Crippen molar-refractivity contribution in [3.63, 3.8) is 0 Å². The van der Waals surface area contributed by atoms with Crippen LogP contribution in [-0.2, 0) is 9.53 Å². The third kappa shape index (κ3) is 3.72. The summed E-state index contributed by atoms with van der Waals surface area (Å²) in [5, 5.41) is 14.3. The Balaban J connectivity index is 1.97. The van der Waals surface area contributed by atoms with E-state index in [0.29, 0.717) is 22.8 Å². The first-order chi connectivity index (χ1) is 13.3. The molecule has 28 heavy (non-hydrogen) atoms. The maximum Gasteiger partial charge on any atom is 0.338 e. The Bertz CT molecular complexity index is 994. The van der Waals surface area contributed by atoms with Crippen molar-refractivity contribution < 1.29 is 28.6 Å². The topological polar surface area (TPSA) is 118 Å². The highest BCUT2D eigenvalue weighted by atomic mass is 35.5. The number of ether oxygens (including phenoxy) is 1. The first kappa shape index (κ1) is 19.5. The number of hydrogen-bond donors (Lipinski definition) is 3. The summed E-state index contributed by atoms with van der Waals surface area (Å²) in [6.45, 7) is 3.48. The molecule has 0 radical (unpaired) electrons. The molecule has 0 fully saturated rings. The van der Waals surface area contributed by atoms with Gasteiger partial charge in [-0.25, -0.2) is 14.4 Å². The molecule has 0 aliphatic carbocycles. The minimum Gasteiger partial charge on any atom is -0.478 e. The number of amides is 2. The smallest absolute Gasteiger partial charge is 0.338 e. The normalized spacial score (nSPS) is 16.4. The molecule has 0 bridgehead atoms.